The lowest BCUT2D eigenvalue weighted by Crippen LogP contribution is -2.45. The Balaban J connectivity index is 1.62. The number of hydrogen-bond acceptors (Lipinski definition) is 3. The number of nitrogens with one attached hydrogen (secondary N) is 1. The van der Waals surface area contributed by atoms with Gasteiger partial charge in [0.1, 0.15) is 0 Å². The molecule has 1 aliphatic heterocycles. The van der Waals surface area contributed by atoms with Crippen molar-refractivity contribution in [3.05, 3.63) is 41.5 Å². The van der Waals surface area contributed by atoms with E-state index in [9.17, 15) is 13.2 Å². The average Bonchev–Trinajstić information content (AvgIpc) is 2.67. The highest BCUT2D eigenvalue weighted by atomic mass is 32.2. The van der Waals surface area contributed by atoms with E-state index in [1.54, 1.807) is 24.3 Å². The highest BCUT2D eigenvalue weighted by molar-refractivity contribution is 7.89. The van der Waals surface area contributed by atoms with Crippen molar-refractivity contribution in [1.29, 1.82) is 0 Å². The number of aryl methyl sites for hydroxylation is 1. The molecule has 1 aliphatic carbocycles. The Kier molecular flexibility index (Phi) is 6.14. The van der Waals surface area contributed by atoms with Crippen LogP contribution < -0.4 is 5.32 Å². The molecule has 1 N–H and O–H groups in total. The van der Waals surface area contributed by atoms with Gasteiger partial charge < -0.3 is 5.32 Å². The van der Waals surface area contributed by atoms with Gasteiger partial charge in [-0.05, 0) is 57.6 Å². The van der Waals surface area contributed by atoms with E-state index >= 15 is 0 Å². The number of carbonyl (C=O) groups is 1. The van der Waals surface area contributed by atoms with E-state index in [0.717, 1.165) is 24.8 Å². The second-order valence-electron chi connectivity index (χ2n) is 7.34. The van der Waals surface area contributed by atoms with Crippen LogP contribution in [0.25, 0.3) is 0 Å². The lowest BCUT2D eigenvalue weighted by Gasteiger charge is -2.31. The Morgan fingerprint density at radius 1 is 1.19 bits per heavy atom. The quantitative estimate of drug-likeness (QED) is 0.804. The van der Waals surface area contributed by atoms with E-state index in [1.807, 2.05) is 6.92 Å². The van der Waals surface area contributed by atoms with E-state index in [1.165, 1.54) is 22.7 Å². The summed E-state index contributed by atoms with van der Waals surface area (Å²) in [7, 11) is -3.54. The first-order valence-electron chi connectivity index (χ1n) is 9.49. The number of carbonyl (C=O) groups excluding carboxylic acids is 1. The number of allylic oxidation sites excluding steroid dienone is 1. The Hall–Kier alpha value is -1.66. The molecule has 1 fully saturated rings. The first-order valence-corrected chi connectivity index (χ1v) is 10.9. The van der Waals surface area contributed by atoms with Crippen molar-refractivity contribution in [3.8, 4) is 0 Å². The number of benzene rings is 1. The fourth-order valence-electron chi connectivity index (χ4n) is 3.64. The third-order valence-corrected chi connectivity index (χ3v) is 7.17. The van der Waals surface area contributed by atoms with Crippen LogP contribution in [0.15, 0.2) is 40.8 Å². The van der Waals surface area contributed by atoms with Crippen LogP contribution >= 0.6 is 0 Å². The first kappa shape index (κ1) is 19.1. The zero-order valence-electron chi connectivity index (χ0n) is 15.4. The first-order chi connectivity index (χ1) is 12.5. The third-order valence-electron chi connectivity index (χ3n) is 5.29. The van der Waals surface area contributed by atoms with Crippen molar-refractivity contribution >= 4 is 15.9 Å². The number of rotatable bonds is 5. The largest absolute Gasteiger partial charge is 0.352 e. The van der Waals surface area contributed by atoms with Gasteiger partial charge in [-0.1, -0.05) is 29.3 Å². The van der Waals surface area contributed by atoms with E-state index in [-0.39, 0.29) is 18.4 Å². The van der Waals surface area contributed by atoms with Crippen LogP contribution in [-0.2, 0) is 14.8 Å². The second-order valence-corrected chi connectivity index (χ2v) is 9.28. The molecule has 1 unspecified atom stereocenters. The van der Waals surface area contributed by atoms with Crippen molar-refractivity contribution in [2.24, 2.45) is 5.92 Å². The van der Waals surface area contributed by atoms with Crippen molar-refractivity contribution in [3.63, 3.8) is 0 Å². The molecule has 0 bridgehead atoms. The van der Waals surface area contributed by atoms with Crippen LogP contribution in [0.3, 0.4) is 0 Å². The maximum Gasteiger partial charge on any atom is 0.243 e. The topological polar surface area (TPSA) is 66.5 Å². The van der Waals surface area contributed by atoms with Gasteiger partial charge in [0, 0.05) is 19.6 Å². The standard InChI is InChI=1S/C20H28N2O3S/c1-16-9-11-19(12-10-16)26(24,25)22-13-5-8-18(15-22)20(23)21-14-17-6-3-2-4-7-17/h6,9-12,18H,2-5,7-8,13-15H2,1H3,(H,21,23). The van der Waals surface area contributed by atoms with Gasteiger partial charge in [0.25, 0.3) is 0 Å². The highest BCUT2D eigenvalue weighted by Crippen LogP contribution is 2.24. The summed E-state index contributed by atoms with van der Waals surface area (Å²) >= 11 is 0. The Bertz CT molecular complexity index is 769. The lowest BCUT2D eigenvalue weighted by atomic mass is 9.97. The van der Waals surface area contributed by atoms with Crippen LogP contribution in [0.5, 0.6) is 0 Å². The smallest absolute Gasteiger partial charge is 0.243 e. The Morgan fingerprint density at radius 3 is 2.65 bits per heavy atom. The Labute approximate surface area is 156 Å². The number of nitrogens with zero attached hydrogens (tertiary/aromatic N) is 1. The molecule has 0 saturated carbocycles. The SMILES string of the molecule is Cc1ccc(S(=O)(=O)N2CCCC(C(=O)NCC3=CCCCC3)C2)cc1. The fourth-order valence-corrected chi connectivity index (χ4v) is 5.17. The van der Waals surface area contributed by atoms with Gasteiger partial charge in [-0.2, -0.15) is 4.31 Å². The third kappa shape index (κ3) is 4.54. The molecule has 1 aromatic carbocycles. The molecule has 142 valence electrons. The van der Waals surface area contributed by atoms with Gasteiger partial charge in [0.15, 0.2) is 0 Å². The molecule has 0 radical (unpaired) electrons. The van der Waals surface area contributed by atoms with Crippen LogP contribution in [0.4, 0.5) is 0 Å². The molecule has 5 nitrogen and oxygen atoms in total. The van der Waals surface area contributed by atoms with Crippen molar-refractivity contribution in [2.45, 2.75) is 50.3 Å². The van der Waals surface area contributed by atoms with E-state index < -0.39 is 10.0 Å². The maximum absolute atomic E-state index is 12.9. The minimum Gasteiger partial charge on any atom is -0.352 e. The van der Waals surface area contributed by atoms with Crippen molar-refractivity contribution < 1.29 is 13.2 Å². The van der Waals surface area contributed by atoms with Gasteiger partial charge in [-0.3, -0.25) is 4.79 Å². The minimum absolute atomic E-state index is 0.0275. The Morgan fingerprint density at radius 2 is 1.96 bits per heavy atom. The molecule has 0 aromatic heterocycles. The highest BCUT2D eigenvalue weighted by Gasteiger charge is 2.33. The monoisotopic (exact) mass is 376 g/mol. The normalized spacial score (nSPS) is 21.9. The molecular formula is C20H28N2O3S. The molecule has 1 heterocycles. The fraction of sp³-hybridized carbons (Fsp3) is 0.550. The molecule has 1 amide bonds. The van der Waals surface area contributed by atoms with Gasteiger partial charge in [0.2, 0.25) is 15.9 Å². The van der Waals surface area contributed by atoms with Crippen LogP contribution in [0.1, 0.15) is 44.1 Å². The summed E-state index contributed by atoms with van der Waals surface area (Å²) in [4.78, 5) is 12.8. The summed E-state index contributed by atoms with van der Waals surface area (Å²) in [5.41, 5.74) is 2.32. The number of piperidine rings is 1. The summed E-state index contributed by atoms with van der Waals surface area (Å²) in [6.45, 7) is 3.27. The minimum atomic E-state index is -3.54. The second kappa shape index (κ2) is 8.35. The molecule has 1 saturated heterocycles. The van der Waals surface area contributed by atoms with E-state index in [0.29, 0.717) is 24.4 Å². The zero-order chi connectivity index (χ0) is 18.6. The predicted molar refractivity (Wildman–Crippen MR) is 102 cm³/mol. The summed E-state index contributed by atoms with van der Waals surface area (Å²) in [5.74, 6) is -0.298. The molecule has 3 rings (SSSR count). The molecule has 1 aromatic rings. The summed E-state index contributed by atoms with van der Waals surface area (Å²) in [6, 6.07) is 6.89. The predicted octanol–water partition coefficient (Wildman–Crippen LogP) is 3.01. The average molecular weight is 377 g/mol. The molecule has 2 aliphatic rings. The molecule has 26 heavy (non-hydrogen) atoms. The lowest BCUT2D eigenvalue weighted by molar-refractivity contribution is -0.125. The van der Waals surface area contributed by atoms with Crippen LogP contribution in [0.2, 0.25) is 0 Å². The zero-order valence-corrected chi connectivity index (χ0v) is 16.2. The summed E-state index contributed by atoms with van der Waals surface area (Å²) < 4.78 is 27.2. The number of amides is 1. The van der Waals surface area contributed by atoms with E-state index in [2.05, 4.69) is 11.4 Å². The van der Waals surface area contributed by atoms with Gasteiger partial charge >= 0.3 is 0 Å². The van der Waals surface area contributed by atoms with Gasteiger partial charge in [-0.25, -0.2) is 8.42 Å². The molecule has 6 heteroatoms. The summed E-state index contributed by atoms with van der Waals surface area (Å²) in [6.07, 6.45) is 8.24. The molecule has 0 spiro atoms. The van der Waals surface area contributed by atoms with Crippen molar-refractivity contribution in [1.82, 2.24) is 9.62 Å². The van der Waals surface area contributed by atoms with Crippen molar-refractivity contribution in [2.75, 3.05) is 19.6 Å². The van der Waals surface area contributed by atoms with Gasteiger partial charge in [-0.15, -0.1) is 0 Å². The number of sulfonamides is 1. The molecule has 1 atom stereocenters. The van der Waals surface area contributed by atoms with Gasteiger partial charge in [0.05, 0.1) is 10.8 Å². The van der Waals surface area contributed by atoms with E-state index in [4.69, 9.17) is 0 Å². The summed E-state index contributed by atoms with van der Waals surface area (Å²) in [5, 5.41) is 3.01. The number of hydrogen-bond donors (Lipinski definition) is 1. The maximum atomic E-state index is 12.9. The van der Waals surface area contributed by atoms with Crippen LogP contribution in [0, 0.1) is 12.8 Å². The van der Waals surface area contributed by atoms with Crippen LogP contribution in [-0.4, -0.2) is 38.3 Å². The molecular weight excluding hydrogens is 348 g/mol.